The van der Waals surface area contributed by atoms with Crippen LogP contribution in [0.3, 0.4) is 0 Å². The lowest BCUT2D eigenvalue weighted by atomic mass is 10.2. The number of aromatic nitrogens is 3. The number of hydrogen-bond acceptors (Lipinski definition) is 4. The van der Waals surface area contributed by atoms with Crippen LogP contribution >= 0.6 is 39.9 Å². The van der Waals surface area contributed by atoms with Gasteiger partial charge in [-0.2, -0.15) is 0 Å². The monoisotopic (exact) mass is 544 g/mol. The Morgan fingerprint density at radius 1 is 1.22 bits per heavy atom. The van der Waals surface area contributed by atoms with Crippen molar-refractivity contribution in [2.24, 2.45) is 4.99 Å². The first-order valence-electron chi connectivity index (χ1n) is 8.34. The normalized spacial score (nSPS) is 11.1. The van der Waals surface area contributed by atoms with Gasteiger partial charge < -0.3 is 15.4 Å². The molecule has 2 heterocycles. The standard InChI is InChI=1S/C18H21BrN6O.HI/c1-3-20-18(21-11-13-7-8-15(26-2)14(19)10-13)22-12-17-24-23-16-6-4-5-9-25(16)17;/h4-10H,3,11-12H2,1-2H3,(H2,20,21,22);1H. The minimum Gasteiger partial charge on any atom is -0.496 e. The summed E-state index contributed by atoms with van der Waals surface area (Å²) >= 11 is 3.50. The van der Waals surface area contributed by atoms with Crippen molar-refractivity contribution in [3.05, 3.63) is 58.5 Å². The van der Waals surface area contributed by atoms with Gasteiger partial charge in [-0.25, -0.2) is 4.99 Å². The molecule has 0 radical (unpaired) electrons. The highest BCUT2D eigenvalue weighted by molar-refractivity contribution is 14.0. The van der Waals surface area contributed by atoms with Crippen molar-refractivity contribution in [1.29, 1.82) is 0 Å². The van der Waals surface area contributed by atoms with Crippen molar-refractivity contribution in [2.45, 2.75) is 20.0 Å². The Bertz CT molecular complexity index is 914. The average molecular weight is 545 g/mol. The van der Waals surface area contributed by atoms with Gasteiger partial charge in [0.25, 0.3) is 0 Å². The summed E-state index contributed by atoms with van der Waals surface area (Å²) in [5, 5.41) is 14.9. The van der Waals surface area contributed by atoms with Crippen molar-refractivity contribution < 1.29 is 4.74 Å². The van der Waals surface area contributed by atoms with Crippen LogP contribution in [-0.2, 0) is 13.1 Å². The molecule has 0 aliphatic heterocycles. The smallest absolute Gasteiger partial charge is 0.191 e. The van der Waals surface area contributed by atoms with E-state index in [0.29, 0.717) is 13.1 Å². The maximum atomic E-state index is 5.26. The second-order valence-electron chi connectivity index (χ2n) is 5.56. The predicted molar refractivity (Wildman–Crippen MR) is 121 cm³/mol. The highest BCUT2D eigenvalue weighted by atomic mass is 127. The zero-order valence-corrected chi connectivity index (χ0v) is 19.1. The maximum Gasteiger partial charge on any atom is 0.191 e. The van der Waals surface area contributed by atoms with Crippen LogP contribution in [-0.4, -0.2) is 34.2 Å². The molecule has 2 N–H and O–H groups in total. The van der Waals surface area contributed by atoms with Crippen molar-refractivity contribution >= 4 is 51.5 Å². The number of nitrogens with one attached hydrogen (secondary N) is 2. The van der Waals surface area contributed by atoms with E-state index < -0.39 is 0 Å². The number of nitrogens with zero attached hydrogens (tertiary/aromatic N) is 4. The summed E-state index contributed by atoms with van der Waals surface area (Å²) in [4.78, 5) is 4.64. The SMILES string of the molecule is CCNC(=NCc1ccc(OC)c(Br)c1)NCc1nnc2ccccn12.I. The molecule has 0 atom stereocenters. The number of halogens is 2. The number of pyridine rings is 1. The number of hydrogen-bond donors (Lipinski definition) is 2. The van der Waals surface area contributed by atoms with Gasteiger partial charge in [-0.3, -0.25) is 4.40 Å². The third kappa shape index (κ3) is 5.55. The van der Waals surface area contributed by atoms with E-state index in [1.807, 2.05) is 53.9 Å². The van der Waals surface area contributed by atoms with E-state index in [0.717, 1.165) is 39.8 Å². The van der Waals surface area contributed by atoms with E-state index >= 15 is 0 Å². The van der Waals surface area contributed by atoms with E-state index in [2.05, 4.69) is 41.8 Å². The number of fused-ring (bicyclic) bond motifs is 1. The number of guanidine groups is 1. The molecule has 3 rings (SSSR count). The average Bonchev–Trinajstić information content (AvgIpc) is 3.07. The van der Waals surface area contributed by atoms with Gasteiger partial charge in [0, 0.05) is 12.7 Å². The van der Waals surface area contributed by atoms with E-state index in [-0.39, 0.29) is 24.0 Å². The first kappa shape index (κ1) is 21.4. The topological polar surface area (TPSA) is 75.8 Å². The summed E-state index contributed by atoms with van der Waals surface area (Å²) in [7, 11) is 1.65. The first-order chi connectivity index (χ1) is 12.7. The molecule has 0 aliphatic rings. The number of methoxy groups -OCH3 is 1. The van der Waals surface area contributed by atoms with Gasteiger partial charge in [-0.1, -0.05) is 12.1 Å². The van der Waals surface area contributed by atoms with Gasteiger partial charge >= 0.3 is 0 Å². The highest BCUT2D eigenvalue weighted by Crippen LogP contribution is 2.25. The number of aliphatic imine (C=N–C) groups is 1. The lowest BCUT2D eigenvalue weighted by molar-refractivity contribution is 0.412. The van der Waals surface area contributed by atoms with Crippen molar-refractivity contribution in [1.82, 2.24) is 25.2 Å². The number of rotatable bonds is 6. The van der Waals surface area contributed by atoms with Crippen LogP contribution in [0.1, 0.15) is 18.3 Å². The molecular formula is C18H22BrIN6O. The largest absolute Gasteiger partial charge is 0.496 e. The fraction of sp³-hybridized carbons (Fsp3) is 0.278. The van der Waals surface area contributed by atoms with Crippen molar-refractivity contribution in [2.75, 3.05) is 13.7 Å². The maximum absolute atomic E-state index is 5.26. The molecule has 0 amide bonds. The van der Waals surface area contributed by atoms with Crippen LogP contribution in [0.4, 0.5) is 0 Å². The van der Waals surface area contributed by atoms with Crippen LogP contribution in [0.25, 0.3) is 5.65 Å². The fourth-order valence-corrected chi connectivity index (χ4v) is 3.08. The molecule has 0 spiro atoms. The second kappa shape index (κ2) is 10.5. The van der Waals surface area contributed by atoms with Gasteiger partial charge in [0.15, 0.2) is 17.4 Å². The van der Waals surface area contributed by atoms with Gasteiger partial charge in [-0.15, -0.1) is 34.2 Å². The number of benzene rings is 1. The zero-order chi connectivity index (χ0) is 18.4. The van der Waals surface area contributed by atoms with Crippen LogP contribution in [0.5, 0.6) is 5.75 Å². The molecule has 27 heavy (non-hydrogen) atoms. The highest BCUT2D eigenvalue weighted by Gasteiger charge is 2.06. The minimum absolute atomic E-state index is 0. The Hall–Kier alpha value is -1.88. The van der Waals surface area contributed by atoms with Gasteiger partial charge in [0.05, 0.1) is 24.7 Å². The Morgan fingerprint density at radius 2 is 2.07 bits per heavy atom. The zero-order valence-electron chi connectivity index (χ0n) is 15.1. The summed E-state index contributed by atoms with van der Waals surface area (Å²) in [5.41, 5.74) is 1.91. The van der Waals surface area contributed by atoms with E-state index in [1.54, 1.807) is 7.11 Å². The molecule has 7 nitrogen and oxygen atoms in total. The third-order valence-electron chi connectivity index (χ3n) is 3.78. The Balaban J connectivity index is 0.00000261. The molecule has 0 saturated carbocycles. The molecule has 0 aliphatic carbocycles. The van der Waals surface area contributed by atoms with Crippen LogP contribution in [0, 0.1) is 0 Å². The second-order valence-corrected chi connectivity index (χ2v) is 6.42. The van der Waals surface area contributed by atoms with Crippen molar-refractivity contribution in [3.8, 4) is 5.75 Å². The van der Waals surface area contributed by atoms with Crippen LogP contribution < -0.4 is 15.4 Å². The third-order valence-corrected chi connectivity index (χ3v) is 4.40. The first-order valence-corrected chi connectivity index (χ1v) is 9.13. The summed E-state index contributed by atoms with van der Waals surface area (Å²) in [6.45, 7) is 3.90. The lowest BCUT2D eigenvalue weighted by Gasteiger charge is -2.11. The molecule has 0 bridgehead atoms. The minimum atomic E-state index is 0. The lowest BCUT2D eigenvalue weighted by Crippen LogP contribution is -2.37. The quantitative estimate of drug-likeness (QED) is 0.283. The molecule has 144 valence electrons. The van der Waals surface area contributed by atoms with Crippen LogP contribution in [0.15, 0.2) is 52.1 Å². The van der Waals surface area contributed by atoms with E-state index in [9.17, 15) is 0 Å². The summed E-state index contributed by atoms with van der Waals surface area (Å²) in [5.74, 6) is 2.37. The fourth-order valence-electron chi connectivity index (χ4n) is 2.49. The molecular weight excluding hydrogens is 523 g/mol. The van der Waals surface area contributed by atoms with Gasteiger partial charge in [-0.05, 0) is 52.7 Å². The molecule has 0 saturated heterocycles. The molecule has 0 unspecified atom stereocenters. The summed E-state index contributed by atoms with van der Waals surface area (Å²) < 4.78 is 8.13. The van der Waals surface area contributed by atoms with Gasteiger partial charge in [0.1, 0.15) is 5.75 Å². The predicted octanol–water partition coefficient (Wildman–Crippen LogP) is 3.37. The van der Waals surface area contributed by atoms with Crippen molar-refractivity contribution in [3.63, 3.8) is 0 Å². The van der Waals surface area contributed by atoms with E-state index in [4.69, 9.17) is 4.74 Å². The summed E-state index contributed by atoms with van der Waals surface area (Å²) in [6, 6.07) is 11.8. The number of ether oxygens (including phenoxy) is 1. The Kier molecular flexibility index (Phi) is 8.29. The molecule has 3 aromatic rings. The Labute approximate surface area is 183 Å². The van der Waals surface area contributed by atoms with Crippen LogP contribution in [0.2, 0.25) is 0 Å². The van der Waals surface area contributed by atoms with Gasteiger partial charge in [0.2, 0.25) is 0 Å². The Morgan fingerprint density at radius 3 is 2.81 bits per heavy atom. The molecule has 0 fully saturated rings. The molecule has 1 aromatic carbocycles. The molecule has 9 heteroatoms. The molecule has 2 aromatic heterocycles. The summed E-state index contributed by atoms with van der Waals surface area (Å²) in [6.07, 6.45) is 1.95. The van der Waals surface area contributed by atoms with E-state index in [1.165, 1.54) is 0 Å².